The highest BCUT2D eigenvalue weighted by atomic mass is 19.1. The van der Waals surface area contributed by atoms with Gasteiger partial charge in [0.2, 0.25) is 0 Å². The van der Waals surface area contributed by atoms with Gasteiger partial charge in [0.25, 0.3) is 0 Å². The molecule has 2 aliphatic rings. The third-order valence-electron chi connectivity index (χ3n) is 5.87. The Balaban J connectivity index is 1.50. The topological polar surface area (TPSA) is 49.8 Å². The van der Waals surface area contributed by atoms with Gasteiger partial charge < -0.3 is 14.7 Å². The first-order chi connectivity index (χ1) is 13.0. The molecule has 4 nitrogen and oxygen atoms in total. The maximum absolute atomic E-state index is 14.5. The molecule has 2 fully saturated rings. The molecule has 2 bridgehead atoms. The summed E-state index contributed by atoms with van der Waals surface area (Å²) in [6.45, 7) is 2.05. The second-order valence-corrected chi connectivity index (χ2v) is 7.70. The van der Waals surface area contributed by atoms with E-state index in [2.05, 4.69) is 0 Å². The van der Waals surface area contributed by atoms with Gasteiger partial charge in [-0.1, -0.05) is 42.5 Å². The summed E-state index contributed by atoms with van der Waals surface area (Å²) in [7, 11) is 0. The van der Waals surface area contributed by atoms with E-state index >= 15 is 0 Å². The fourth-order valence-corrected chi connectivity index (χ4v) is 4.74. The number of amides is 1. The van der Waals surface area contributed by atoms with Crippen molar-refractivity contribution in [2.75, 3.05) is 0 Å². The third-order valence-corrected chi connectivity index (χ3v) is 5.87. The highest BCUT2D eigenvalue weighted by molar-refractivity contribution is 5.69. The van der Waals surface area contributed by atoms with Gasteiger partial charge in [0.05, 0.1) is 5.60 Å². The van der Waals surface area contributed by atoms with Gasteiger partial charge in [-0.2, -0.15) is 0 Å². The van der Waals surface area contributed by atoms with Gasteiger partial charge in [-0.15, -0.1) is 0 Å². The molecule has 2 aliphatic heterocycles. The van der Waals surface area contributed by atoms with E-state index < -0.39 is 5.60 Å². The van der Waals surface area contributed by atoms with Crippen LogP contribution < -0.4 is 0 Å². The van der Waals surface area contributed by atoms with Gasteiger partial charge >= 0.3 is 6.09 Å². The number of piperidine rings is 1. The number of hydrogen-bond acceptors (Lipinski definition) is 3. The van der Waals surface area contributed by atoms with Crippen LogP contribution in [-0.2, 0) is 16.9 Å². The Labute approximate surface area is 158 Å². The normalized spacial score (nSPS) is 26.9. The highest BCUT2D eigenvalue weighted by Crippen LogP contribution is 2.47. The van der Waals surface area contributed by atoms with E-state index in [9.17, 15) is 14.3 Å². The van der Waals surface area contributed by atoms with Crippen LogP contribution in [0.5, 0.6) is 0 Å². The third kappa shape index (κ3) is 3.32. The lowest BCUT2D eigenvalue weighted by Gasteiger charge is -2.44. The number of fused-ring (bicyclic) bond motifs is 2. The number of carbonyl (C=O) groups excluding carboxylic acids is 1. The molecule has 2 atom stereocenters. The lowest BCUT2D eigenvalue weighted by Crippen LogP contribution is -2.52. The Hall–Kier alpha value is -2.40. The maximum Gasteiger partial charge on any atom is 0.410 e. The van der Waals surface area contributed by atoms with E-state index in [1.165, 1.54) is 6.07 Å². The average molecular weight is 369 g/mol. The molecule has 4 rings (SSSR count). The fraction of sp³-hybridized carbons (Fsp3) is 0.409. The minimum Gasteiger partial charge on any atom is -0.445 e. The number of carbonyl (C=O) groups is 1. The lowest BCUT2D eigenvalue weighted by molar-refractivity contribution is -0.0560. The van der Waals surface area contributed by atoms with Crippen molar-refractivity contribution in [2.45, 2.75) is 56.9 Å². The molecular formula is C22H24FNO3. The molecular weight excluding hydrogens is 345 g/mol. The zero-order chi connectivity index (χ0) is 19.0. The zero-order valence-corrected chi connectivity index (χ0v) is 15.4. The van der Waals surface area contributed by atoms with Crippen molar-refractivity contribution >= 4 is 6.09 Å². The summed E-state index contributed by atoms with van der Waals surface area (Å²) in [4.78, 5) is 14.4. The molecule has 2 saturated heterocycles. The number of ether oxygens (including phenoxy) is 1. The smallest absolute Gasteiger partial charge is 0.410 e. The minimum absolute atomic E-state index is 0.129. The Morgan fingerprint density at radius 3 is 2.44 bits per heavy atom. The quantitative estimate of drug-likeness (QED) is 0.878. The van der Waals surface area contributed by atoms with Crippen LogP contribution in [0.1, 0.15) is 42.4 Å². The van der Waals surface area contributed by atoms with Crippen LogP contribution >= 0.6 is 0 Å². The molecule has 0 saturated carbocycles. The van der Waals surface area contributed by atoms with Gasteiger partial charge in [0.1, 0.15) is 12.4 Å². The fourth-order valence-electron chi connectivity index (χ4n) is 4.74. The number of halogens is 1. The first-order valence-electron chi connectivity index (χ1n) is 9.45. The van der Waals surface area contributed by atoms with Gasteiger partial charge in [0, 0.05) is 30.5 Å². The molecule has 1 amide bonds. The number of nitrogens with zero attached hydrogens (tertiary/aromatic N) is 1. The number of aryl methyl sites for hydroxylation is 1. The number of benzene rings is 2. The molecule has 2 aromatic rings. The first kappa shape index (κ1) is 18.0. The van der Waals surface area contributed by atoms with Crippen LogP contribution in [0.15, 0.2) is 48.5 Å². The van der Waals surface area contributed by atoms with Crippen LogP contribution in [0.3, 0.4) is 0 Å². The second-order valence-electron chi connectivity index (χ2n) is 7.70. The monoisotopic (exact) mass is 369 g/mol. The van der Waals surface area contributed by atoms with Crippen LogP contribution in [-0.4, -0.2) is 28.2 Å². The maximum atomic E-state index is 14.5. The van der Waals surface area contributed by atoms with E-state index in [1.54, 1.807) is 11.0 Å². The average Bonchev–Trinajstić information content (AvgIpc) is 2.93. The Bertz CT molecular complexity index is 804. The summed E-state index contributed by atoms with van der Waals surface area (Å²) in [6.07, 6.45) is 1.94. The summed E-state index contributed by atoms with van der Waals surface area (Å²) < 4.78 is 20.0. The first-order valence-corrected chi connectivity index (χ1v) is 9.45. The van der Waals surface area contributed by atoms with E-state index in [0.717, 1.165) is 24.0 Å². The van der Waals surface area contributed by atoms with Gasteiger partial charge in [-0.25, -0.2) is 9.18 Å². The molecule has 0 aliphatic carbocycles. The Kier molecular flexibility index (Phi) is 4.64. The molecule has 142 valence electrons. The standard InChI is InChI=1S/C22H24FNO3/c1-15-6-5-9-19(23)20(15)22(26)12-17-10-11-18(13-22)24(17)21(25)27-14-16-7-3-2-4-8-16/h2-9,17-18,26H,10-14H2,1H3. The molecule has 2 unspecified atom stereocenters. The predicted octanol–water partition coefficient (Wildman–Crippen LogP) is 4.29. The van der Waals surface area contributed by atoms with Gasteiger partial charge in [-0.05, 0) is 37.0 Å². The summed E-state index contributed by atoms with van der Waals surface area (Å²) >= 11 is 0. The molecule has 0 spiro atoms. The van der Waals surface area contributed by atoms with Crippen molar-refractivity contribution in [1.82, 2.24) is 4.90 Å². The van der Waals surface area contributed by atoms with Crippen LogP contribution in [0.25, 0.3) is 0 Å². The van der Waals surface area contributed by atoms with Crippen molar-refractivity contribution < 1.29 is 19.0 Å². The van der Waals surface area contributed by atoms with E-state index in [0.29, 0.717) is 18.4 Å². The number of aliphatic hydroxyl groups is 1. The second kappa shape index (κ2) is 6.97. The SMILES string of the molecule is Cc1cccc(F)c1C1(O)CC2CCC(C1)N2C(=O)OCc1ccccc1. The van der Waals surface area contributed by atoms with Crippen molar-refractivity contribution in [3.63, 3.8) is 0 Å². The Morgan fingerprint density at radius 2 is 1.81 bits per heavy atom. The van der Waals surface area contributed by atoms with Crippen LogP contribution in [0, 0.1) is 12.7 Å². The molecule has 27 heavy (non-hydrogen) atoms. The molecule has 0 aromatic heterocycles. The van der Waals surface area contributed by atoms with E-state index in [-0.39, 0.29) is 30.6 Å². The Morgan fingerprint density at radius 1 is 1.15 bits per heavy atom. The molecule has 5 heteroatoms. The van der Waals surface area contributed by atoms with E-state index in [4.69, 9.17) is 4.74 Å². The minimum atomic E-state index is -1.24. The molecule has 0 radical (unpaired) electrons. The number of rotatable bonds is 3. The van der Waals surface area contributed by atoms with Crippen molar-refractivity contribution in [2.24, 2.45) is 0 Å². The summed E-state index contributed by atoms with van der Waals surface area (Å²) in [6, 6.07) is 14.2. The summed E-state index contributed by atoms with van der Waals surface area (Å²) in [5.41, 5.74) is 0.821. The van der Waals surface area contributed by atoms with Crippen molar-refractivity contribution in [1.29, 1.82) is 0 Å². The van der Waals surface area contributed by atoms with Gasteiger partial charge in [-0.3, -0.25) is 0 Å². The number of hydrogen-bond donors (Lipinski definition) is 1. The predicted molar refractivity (Wildman–Crippen MR) is 99.5 cm³/mol. The molecule has 2 aromatic carbocycles. The summed E-state index contributed by atoms with van der Waals surface area (Å²) in [5, 5.41) is 11.3. The highest BCUT2D eigenvalue weighted by Gasteiger charge is 2.51. The van der Waals surface area contributed by atoms with E-state index in [1.807, 2.05) is 43.3 Å². The zero-order valence-electron chi connectivity index (χ0n) is 15.4. The van der Waals surface area contributed by atoms with Crippen molar-refractivity contribution in [3.8, 4) is 0 Å². The van der Waals surface area contributed by atoms with Crippen LogP contribution in [0.4, 0.5) is 9.18 Å². The largest absolute Gasteiger partial charge is 0.445 e. The molecule has 1 N–H and O–H groups in total. The van der Waals surface area contributed by atoms with Crippen molar-refractivity contribution in [3.05, 3.63) is 71.0 Å². The lowest BCUT2D eigenvalue weighted by atomic mass is 9.78. The van der Waals surface area contributed by atoms with Gasteiger partial charge in [0.15, 0.2) is 0 Å². The molecule has 2 heterocycles. The van der Waals surface area contributed by atoms with Crippen LogP contribution in [0.2, 0.25) is 0 Å². The summed E-state index contributed by atoms with van der Waals surface area (Å²) in [5.74, 6) is -0.378.